The Morgan fingerprint density at radius 1 is 1.24 bits per heavy atom. The van der Waals surface area contributed by atoms with Crippen LogP contribution in [0.25, 0.3) is 0 Å². The van der Waals surface area contributed by atoms with Crippen molar-refractivity contribution in [3.63, 3.8) is 0 Å². The molecule has 1 aromatic rings. The van der Waals surface area contributed by atoms with Gasteiger partial charge in [0.25, 0.3) is 0 Å². The van der Waals surface area contributed by atoms with Crippen LogP contribution in [-0.2, 0) is 6.42 Å². The third-order valence-electron chi connectivity index (χ3n) is 3.16. The van der Waals surface area contributed by atoms with Gasteiger partial charge in [-0.25, -0.2) is 0 Å². The highest BCUT2D eigenvalue weighted by Gasteiger charge is 2.09. The molecule has 0 aliphatic carbocycles. The minimum absolute atomic E-state index is 0.570. The highest BCUT2D eigenvalue weighted by molar-refractivity contribution is 6.30. The van der Waals surface area contributed by atoms with Crippen LogP contribution in [0, 0.1) is 11.8 Å². The lowest BCUT2D eigenvalue weighted by Crippen LogP contribution is -2.32. The van der Waals surface area contributed by atoms with Gasteiger partial charge in [-0.2, -0.15) is 0 Å². The monoisotopic (exact) mass is 254 g/mol. The molecule has 1 rings (SSSR count). The van der Waals surface area contributed by atoms with Crippen LogP contribution in [0.15, 0.2) is 24.3 Å². The molecule has 0 radical (unpaired) electrons. The van der Waals surface area contributed by atoms with E-state index in [0.717, 1.165) is 31.1 Å². The van der Waals surface area contributed by atoms with Crippen LogP contribution in [0.3, 0.4) is 0 Å². The molecule has 0 heterocycles. The first-order valence-electron chi connectivity index (χ1n) is 6.28. The predicted molar refractivity (Wildman–Crippen MR) is 75.4 cm³/mol. The molecule has 3 N–H and O–H groups in total. The van der Waals surface area contributed by atoms with Crippen molar-refractivity contribution in [1.82, 2.24) is 5.32 Å². The summed E-state index contributed by atoms with van der Waals surface area (Å²) in [5.74, 6) is 1.21. The summed E-state index contributed by atoms with van der Waals surface area (Å²) in [4.78, 5) is 0. The van der Waals surface area contributed by atoms with E-state index < -0.39 is 0 Å². The number of nitrogens with two attached hydrogens (primary N) is 1. The van der Waals surface area contributed by atoms with E-state index in [0.29, 0.717) is 11.8 Å². The van der Waals surface area contributed by atoms with Gasteiger partial charge >= 0.3 is 0 Å². The summed E-state index contributed by atoms with van der Waals surface area (Å²) in [6, 6.07) is 8.03. The second kappa shape index (κ2) is 7.70. The van der Waals surface area contributed by atoms with E-state index in [9.17, 15) is 0 Å². The highest BCUT2D eigenvalue weighted by atomic mass is 35.5. The summed E-state index contributed by atoms with van der Waals surface area (Å²) < 4.78 is 0. The van der Waals surface area contributed by atoms with Crippen molar-refractivity contribution in [2.75, 3.05) is 19.6 Å². The fraction of sp³-hybridized carbons (Fsp3) is 0.571. The van der Waals surface area contributed by atoms with Gasteiger partial charge in [0.1, 0.15) is 0 Å². The smallest absolute Gasteiger partial charge is 0.0406 e. The average molecular weight is 255 g/mol. The van der Waals surface area contributed by atoms with E-state index in [1.807, 2.05) is 12.1 Å². The predicted octanol–water partition coefficient (Wildman–Crippen LogP) is 2.70. The summed E-state index contributed by atoms with van der Waals surface area (Å²) in [5, 5.41) is 4.26. The Morgan fingerprint density at radius 2 is 1.88 bits per heavy atom. The number of benzene rings is 1. The van der Waals surface area contributed by atoms with Crippen LogP contribution in [0.5, 0.6) is 0 Å². The van der Waals surface area contributed by atoms with Crippen molar-refractivity contribution in [3.8, 4) is 0 Å². The van der Waals surface area contributed by atoms with Gasteiger partial charge < -0.3 is 11.1 Å². The van der Waals surface area contributed by atoms with Crippen LogP contribution in [0.4, 0.5) is 0 Å². The van der Waals surface area contributed by atoms with Crippen molar-refractivity contribution in [2.24, 2.45) is 17.6 Å². The first kappa shape index (κ1) is 14.5. The third kappa shape index (κ3) is 5.53. The molecule has 0 saturated heterocycles. The molecule has 1 unspecified atom stereocenters. The quantitative estimate of drug-likeness (QED) is 0.735. The molecule has 17 heavy (non-hydrogen) atoms. The van der Waals surface area contributed by atoms with E-state index in [1.165, 1.54) is 5.56 Å². The van der Waals surface area contributed by atoms with Gasteiger partial charge in [0.2, 0.25) is 0 Å². The molecule has 3 heteroatoms. The largest absolute Gasteiger partial charge is 0.330 e. The molecule has 0 aliphatic rings. The molecule has 0 amide bonds. The molecular formula is C14H23ClN2. The van der Waals surface area contributed by atoms with Gasteiger partial charge in [-0.15, -0.1) is 0 Å². The number of hydrogen-bond donors (Lipinski definition) is 2. The van der Waals surface area contributed by atoms with Crippen molar-refractivity contribution in [1.29, 1.82) is 0 Å². The normalized spacial score (nSPS) is 13.0. The summed E-state index contributed by atoms with van der Waals surface area (Å²) in [6.07, 6.45) is 1.03. The minimum atomic E-state index is 0.570. The molecule has 0 saturated carbocycles. The van der Waals surface area contributed by atoms with Crippen molar-refractivity contribution < 1.29 is 0 Å². The Hall–Kier alpha value is -0.570. The molecule has 1 atom stereocenters. The lowest BCUT2D eigenvalue weighted by Gasteiger charge is -2.19. The Bertz CT molecular complexity index is 309. The maximum Gasteiger partial charge on any atom is 0.0406 e. The minimum Gasteiger partial charge on any atom is -0.330 e. The van der Waals surface area contributed by atoms with Crippen molar-refractivity contribution >= 4 is 11.6 Å². The Kier molecular flexibility index (Phi) is 6.56. The Balaban J connectivity index is 2.22. The Labute approximate surface area is 110 Å². The molecule has 2 nitrogen and oxygen atoms in total. The van der Waals surface area contributed by atoms with Crippen molar-refractivity contribution in [2.45, 2.75) is 20.3 Å². The highest BCUT2D eigenvalue weighted by Crippen LogP contribution is 2.10. The maximum absolute atomic E-state index is 5.84. The van der Waals surface area contributed by atoms with Gasteiger partial charge in [-0.3, -0.25) is 0 Å². The Morgan fingerprint density at radius 3 is 2.41 bits per heavy atom. The summed E-state index contributed by atoms with van der Waals surface area (Å²) >= 11 is 5.84. The summed E-state index contributed by atoms with van der Waals surface area (Å²) in [5.41, 5.74) is 7.04. The van der Waals surface area contributed by atoms with Gasteiger partial charge in [0, 0.05) is 5.02 Å². The van der Waals surface area contributed by atoms with Gasteiger partial charge in [0.05, 0.1) is 0 Å². The van der Waals surface area contributed by atoms with E-state index >= 15 is 0 Å². The van der Waals surface area contributed by atoms with Crippen LogP contribution in [0.2, 0.25) is 5.02 Å². The zero-order valence-corrected chi connectivity index (χ0v) is 11.5. The zero-order valence-electron chi connectivity index (χ0n) is 10.7. The molecule has 0 aromatic heterocycles. The second-order valence-corrected chi connectivity index (χ2v) is 5.26. The topological polar surface area (TPSA) is 38.0 Å². The standard InChI is InChI=1S/C14H23ClN2/c1-11(2)13(9-16)10-17-8-7-12-3-5-14(15)6-4-12/h3-6,11,13,17H,7-10,16H2,1-2H3. The summed E-state index contributed by atoms with van der Waals surface area (Å²) in [6.45, 7) is 7.19. The van der Waals surface area contributed by atoms with E-state index in [1.54, 1.807) is 0 Å². The van der Waals surface area contributed by atoms with E-state index in [2.05, 4.69) is 31.3 Å². The summed E-state index contributed by atoms with van der Waals surface area (Å²) in [7, 11) is 0. The number of rotatable bonds is 7. The lowest BCUT2D eigenvalue weighted by atomic mass is 9.96. The molecule has 0 aliphatic heterocycles. The maximum atomic E-state index is 5.84. The molecule has 0 spiro atoms. The molecule has 0 fully saturated rings. The second-order valence-electron chi connectivity index (χ2n) is 4.82. The first-order valence-corrected chi connectivity index (χ1v) is 6.66. The van der Waals surface area contributed by atoms with Crippen LogP contribution in [0.1, 0.15) is 19.4 Å². The molecule has 1 aromatic carbocycles. The molecule has 0 bridgehead atoms. The van der Waals surface area contributed by atoms with Gasteiger partial charge in [-0.1, -0.05) is 37.6 Å². The average Bonchev–Trinajstić information content (AvgIpc) is 2.31. The van der Waals surface area contributed by atoms with Gasteiger partial charge in [0.15, 0.2) is 0 Å². The van der Waals surface area contributed by atoms with Crippen LogP contribution < -0.4 is 11.1 Å². The van der Waals surface area contributed by atoms with Crippen molar-refractivity contribution in [3.05, 3.63) is 34.9 Å². The van der Waals surface area contributed by atoms with Crippen LogP contribution >= 0.6 is 11.6 Å². The van der Waals surface area contributed by atoms with Crippen LogP contribution in [-0.4, -0.2) is 19.6 Å². The first-order chi connectivity index (χ1) is 8.13. The van der Waals surface area contributed by atoms with E-state index in [4.69, 9.17) is 17.3 Å². The van der Waals surface area contributed by atoms with E-state index in [-0.39, 0.29) is 0 Å². The lowest BCUT2D eigenvalue weighted by molar-refractivity contribution is 0.372. The molecule has 96 valence electrons. The fourth-order valence-corrected chi connectivity index (χ4v) is 1.89. The SMILES string of the molecule is CC(C)C(CN)CNCCc1ccc(Cl)cc1. The molecular weight excluding hydrogens is 232 g/mol. The number of hydrogen-bond acceptors (Lipinski definition) is 2. The zero-order chi connectivity index (χ0) is 12.7. The van der Waals surface area contributed by atoms with Gasteiger partial charge in [-0.05, 0) is 55.6 Å². The number of halogens is 1. The number of nitrogens with one attached hydrogen (secondary N) is 1. The fourth-order valence-electron chi connectivity index (χ4n) is 1.76. The third-order valence-corrected chi connectivity index (χ3v) is 3.41.